The Balaban J connectivity index is 0.000000211. The average Bonchev–Trinajstić information content (AvgIpc) is 2.93. The zero-order valence-electron chi connectivity index (χ0n) is 23.9. The molecule has 0 aliphatic rings. The SMILES string of the molecule is CO[Si](OC)(c1cccc(C)c1)c1cccc(C)c1.CO[Si](OC)(c1ccccc1C)c1ccccc1C. The molecule has 0 saturated heterocycles. The second-order valence-corrected chi connectivity index (χ2v) is 15.7. The molecule has 38 heavy (non-hydrogen) atoms. The molecule has 0 fully saturated rings. The molecule has 0 spiro atoms. The van der Waals surface area contributed by atoms with Crippen LogP contribution in [0, 0.1) is 27.7 Å². The Hall–Kier alpha value is -2.85. The van der Waals surface area contributed by atoms with Gasteiger partial charge in [0, 0.05) is 38.8 Å². The van der Waals surface area contributed by atoms with Crippen LogP contribution in [0.2, 0.25) is 0 Å². The fraction of sp³-hybridized carbons (Fsp3) is 0.250. The van der Waals surface area contributed by atoms with Gasteiger partial charge in [0.1, 0.15) is 0 Å². The van der Waals surface area contributed by atoms with E-state index in [2.05, 4.69) is 100 Å². The van der Waals surface area contributed by atoms with Crippen LogP contribution in [-0.4, -0.2) is 45.6 Å². The van der Waals surface area contributed by atoms with Crippen molar-refractivity contribution in [2.24, 2.45) is 0 Å². The van der Waals surface area contributed by atoms with Crippen molar-refractivity contribution in [2.75, 3.05) is 28.4 Å². The number of aryl methyl sites for hydroxylation is 4. The summed E-state index contributed by atoms with van der Waals surface area (Å²) in [7, 11) is 1.82. The van der Waals surface area contributed by atoms with Gasteiger partial charge in [-0.3, -0.25) is 0 Å². The Kier molecular flexibility index (Phi) is 10.4. The van der Waals surface area contributed by atoms with Crippen LogP contribution >= 0.6 is 0 Å². The highest BCUT2D eigenvalue weighted by atomic mass is 28.4. The summed E-state index contributed by atoms with van der Waals surface area (Å²) in [6.45, 7) is 8.38. The van der Waals surface area contributed by atoms with Crippen molar-refractivity contribution in [1.82, 2.24) is 0 Å². The minimum atomic E-state index is -2.58. The molecule has 200 valence electrons. The van der Waals surface area contributed by atoms with Gasteiger partial charge in [-0.25, -0.2) is 0 Å². The molecule has 0 atom stereocenters. The quantitative estimate of drug-likeness (QED) is 0.310. The van der Waals surface area contributed by atoms with E-state index in [0.29, 0.717) is 0 Å². The number of rotatable bonds is 8. The fourth-order valence-corrected chi connectivity index (χ4v) is 11.1. The predicted octanol–water partition coefficient (Wildman–Crippen LogP) is 4.31. The minimum Gasteiger partial charge on any atom is -0.391 e. The van der Waals surface area contributed by atoms with Crippen molar-refractivity contribution < 1.29 is 17.7 Å². The van der Waals surface area contributed by atoms with Gasteiger partial charge in [0.05, 0.1) is 0 Å². The maximum absolute atomic E-state index is 5.94. The van der Waals surface area contributed by atoms with Crippen molar-refractivity contribution in [2.45, 2.75) is 27.7 Å². The molecule has 0 aliphatic carbocycles. The van der Waals surface area contributed by atoms with E-state index >= 15 is 0 Å². The van der Waals surface area contributed by atoms with Gasteiger partial charge in [-0.1, -0.05) is 108 Å². The van der Waals surface area contributed by atoms with Crippen LogP contribution in [0.5, 0.6) is 0 Å². The zero-order valence-corrected chi connectivity index (χ0v) is 25.9. The van der Waals surface area contributed by atoms with Crippen LogP contribution < -0.4 is 20.7 Å². The lowest BCUT2D eigenvalue weighted by Crippen LogP contribution is -2.63. The van der Waals surface area contributed by atoms with Crippen LogP contribution in [0.15, 0.2) is 97.1 Å². The summed E-state index contributed by atoms with van der Waals surface area (Å²) in [5.41, 5.74) is 4.86. The lowest BCUT2D eigenvalue weighted by molar-refractivity contribution is 0.272. The number of hydrogen-bond donors (Lipinski definition) is 0. The molecule has 0 bridgehead atoms. The monoisotopic (exact) mass is 544 g/mol. The van der Waals surface area contributed by atoms with Crippen LogP contribution in [0.3, 0.4) is 0 Å². The highest BCUT2D eigenvalue weighted by Gasteiger charge is 2.43. The molecule has 4 aromatic rings. The molecule has 6 heteroatoms. The normalized spacial score (nSPS) is 11.6. The third-order valence-corrected chi connectivity index (χ3v) is 13.9. The van der Waals surface area contributed by atoms with E-state index < -0.39 is 17.1 Å². The number of benzene rings is 4. The highest BCUT2D eigenvalue weighted by molar-refractivity contribution is 6.93. The Morgan fingerprint density at radius 2 is 0.789 bits per heavy atom. The van der Waals surface area contributed by atoms with Gasteiger partial charge in [-0.2, -0.15) is 0 Å². The molecule has 4 aromatic carbocycles. The molecule has 0 saturated carbocycles. The van der Waals surface area contributed by atoms with E-state index in [1.807, 2.05) is 24.3 Å². The largest absolute Gasteiger partial charge is 0.407 e. The Bertz CT molecular complexity index is 1240. The Labute approximate surface area is 230 Å². The molecule has 0 unspecified atom stereocenters. The topological polar surface area (TPSA) is 36.9 Å². The molecular weight excluding hydrogens is 505 g/mol. The van der Waals surface area contributed by atoms with Gasteiger partial charge in [-0.15, -0.1) is 0 Å². The molecule has 0 aromatic heterocycles. The van der Waals surface area contributed by atoms with Gasteiger partial charge in [0.25, 0.3) is 0 Å². The second-order valence-electron chi connectivity index (χ2n) is 9.42. The van der Waals surface area contributed by atoms with Crippen LogP contribution in [0.25, 0.3) is 0 Å². The van der Waals surface area contributed by atoms with Crippen molar-refractivity contribution in [3.63, 3.8) is 0 Å². The summed E-state index contributed by atoms with van der Waals surface area (Å²) >= 11 is 0. The first-order chi connectivity index (χ1) is 18.3. The maximum atomic E-state index is 5.94. The van der Waals surface area contributed by atoms with Gasteiger partial charge in [0.2, 0.25) is 0 Å². The first kappa shape index (κ1) is 29.7. The van der Waals surface area contributed by atoms with Crippen molar-refractivity contribution in [1.29, 1.82) is 0 Å². The first-order valence-electron chi connectivity index (χ1n) is 12.7. The van der Waals surface area contributed by atoms with Gasteiger partial charge >= 0.3 is 17.1 Å². The van der Waals surface area contributed by atoms with Gasteiger partial charge < -0.3 is 17.7 Å². The van der Waals surface area contributed by atoms with Crippen molar-refractivity contribution in [3.05, 3.63) is 119 Å². The standard InChI is InChI=1S/2C16H20O2Si/c1-13-7-5-9-15(11-13)19(17-3,18-4)16-10-6-8-14(2)12-16;1-13-9-5-7-11-15(13)19(17-3,18-4)16-12-8-6-10-14(16)2/h2*5-12H,1-4H3. The molecule has 4 nitrogen and oxygen atoms in total. The second kappa shape index (κ2) is 13.3. The average molecular weight is 545 g/mol. The lowest BCUT2D eigenvalue weighted by atomic mass is 10.2. The molecular formula is C32H40O4Si2. The maximum Gasteiger partial charge on any atom is 0.407 e. The van der Waals surface area contributed by atoms with E-state index in [1.165, 1.54) is 32.6 Å². The lowest BCUT2D eigenvalue weighted by Gasteiger charge is -2.30. The van der Waals surface area contributed by atoms with E-state index in [9.17, 15) is 0 Å². The van der Waals surface area contributed by atoms with E-state index in [0.717, 1.165) is 10.4 Å². The molecule has 0 N–H and O–H groups in total. The van der Waals surface area contributed by atoms with Crippen LogP contribution in [0.1, 0.15) is 22.3 Å². The van der Waals surface area contributed by atoms with E-state index in [1.54, 1.807) is 28.4 Å². The molecule has 0 radical (unpaired) electrons. The molecule has 4 rings (SSSR count). The van der Waals surface area contributed by atoms with Crippen LogP contribution in [0.4, 0.5) is 0 Å². The smallest absolute Gasteiger partial charge is 0.391 e. The molecule has 0 heterocycles. The highest BCUT2D eigenvalue weighted by Crippen LogP contribution is 2.13. The van der Waals surface area contributed by atoms with E-state index in [-0.39, 0.29) is 0 Å². The summed E-state index contributed by atoms with van der Waals surface area (Å²) in [4.78, 5) is 0. The summed E-state index contributed by atoms with van der Waals surface area (Å²) in [6.07, 6.45) is 0. The van der Waals surface area contributed by atoms with Crippen molar-refractivity contribution in [3.8, 4) is 0 Å². The summed E-state index contributed by atoms with van der Waals surface area (Å²) in [5, 5.41) is 4.63. The molecule has 0 amide bonds. The third kappa shape index (κ3) is 6.07. The predicted molar refractivity (Wildman–Crippen MR) is 163 cm³/mol. The summed E-state index contributed by atoms with van der Waals surface area (Å²) in [6, 6.07) is 33.4. The summed E-state index contributed by atoms with van der Waals surface area (Å²) in [5.74, 6) is 0. The fourth-order valence-electron chi connectivity index (χ4n) is 4.97. The van der Waals surface area contributed by atoms with Gasteiger partial charge in [0.15, 0.2) is 0 Å². The Morgan fingerprint density at radius 3 is 1.11 bits per heavy atom. The minimum absolute atomic E-state index is 1.14. The van der Waals surface area contributed by atoms with Crippen LogP contribution in [-0.2, 0) is 17.7 Å². The van der Waals surface area contributed by atoms with Gasteiger partial charge in [-0.05, 0) is 49.2 Å². The summed E-state index contributed by atoms with van der Waals surface area (Å²) < 4.78 is 23.6. The third-order valence-electron chi connectivity index (χ3n) is 6.95. The first-order valence-corrected chi connectivity index (χ1v) is 16.4. The molecule has 0 aliphatic heterocycles. The van der Waals surface area contributed by atoms with E-state index in [4.69, 9.17) is 17.7 Å². The Morgan fingerprint density at radius 1 is 0.421 bits per heavy atom. The van der Waals surface area contributed by atoms with Crippen molar-refractivity contribution >= 4 is 37.9 Å². The zero-order chi connectivity index (χ0) is 27.8. The number of hydrogen-bond acceptors (Lipinski definition) is 4.